The molecule has 4 aromatic rings. The molecule has 7 nitrogen and oxygen atoms in total. The second kappa shape index (κ2) is 10.4. The van der Waals surface area contributed by atoms with Crippen molar-refractivity contribution in [1.82, 2.24) is 4.98 Å². The highest BCUT2D eigenvalue weighted by Crippen LogP contribution is 2.31. The number of amides is 3. The van der Waals surface area contributed by atoms with Crippen LogP contribution in [0.2, 0.25) is 0 Å². The van der Waals surface area contributed by atoms with Crippen molar-refractivity contribution >= 4 is 62.3 Å². The van der Waals surface area contributed by atoms with E-state index in [1.54, 1.807) is 25.3 Å². The first-order chi connectivity index (χ1) is 16.0. The van der Waals surface area contributed by atoms with E-state index in [0.717, 1.165) is 25.8 Å². The van der Waals surface area contributed by atoms with Crippen molar-refractivity contribution in [2.75, 3.05) is 28.8 Å². The smallest absolute Gasteiger partial charge is 0.323 e. The largest absolute Gasteiger partial charge is 0.495 e. The summed E-state index contributed by atoms with van der Waals surface area (Å²) in [6.07, 6.45) is 0. The van der Waals surface area contributed by atoms with E-state index < -0.39 is 0 Å². The zero-order chi connectivity index (χ0) is 23.2. The van der Waals surface area contributed by atoms with Crippen molar-refractivity contribution < 1.29 is 14.3 Å². The summed E-state index contributed by atoms with van der Waals surface area (Å²) in [5.41, 5.74) is 3.88. The zero-order valence-electron chi connectivity index (χ0n) is 18.0. The SMILES string of the molecule is COc1ccccc1NC(=O)Nc1ccc2nc(SCC(=O)Nc3ccccc3C)sc2c1. The van der Waals surface area contributed by atoms with E-state index in [4.69, 9.17) is 4.74 Å². The molecule has 4 rings (SSSR count). The van der Waals surface area contributed by atoms with Crippen LogP contribution in [0, 0.1) is 6.92 Å². The number of anilines is 3. The lowest BCUT2D eigenvalue weighted by Gasteiger charge is -2.10. The van der Waals surface area contributed by atoms with Gasteiger partial charge in [-0.05, 0) is 48.9 Å². The number of fused-ring (bicyclic) bond motifs is 1. The molecule has 0 unspecified atom stereocenters. The normalized spacial score (nSPS) is 10.6. The van der Waals surface area contributed by atoms with E-state index in [9.17, 15) is 9.59 Å². The minimum Gasteiger partial charge on any atom is -0.495 e. The Bertz CT molecular complexity index is 1310. The van der Waals surface area contributed by atoms with Crippen LogP contribution in [0.1, 0.15) is 5.56 Å². The van der Waals surface area contributed by atoms with E-state index in [2.05, 4.69) is 20.9 Å². The Morgan fingerprint density at radius 1 is 0.970 bits per heavy atom. The van der Waals surface area contributed by atoms with Crippen molar-refractivity contribution in [3.63, 3.8) is 0 Å². The van der Waals surface area contributed by atoms with E-state index in [1.807, 2.05) is 55.5 Å². The number of rotatable bonds is 7. The van der Waals surface area contributed by atoms with Gasteiger partial charge in [0.2, 0.25) is 5.91 Å². The molecule has 1 aromatic heterocycles. The molecule has 0 saturated heterocycles. The number of nitrogens with zero attached hydrogens (tertiary/aromatic N) is 1. The lowest BCUT2D eigenvalue weighted by molar-refractivity contribution is -0.113. The molecular weight excluding hydrogens is 456 g/mol. The molecule has 3 aromatic carbocycles. The fraction of sp³-hybridized carbons (Fsp3) is 0.125. The van der Waals surface area contributed by atoms with Crippen LogP contribution in [-0.4, -0.2) is 29.8 Å². The number of hydrogen-bond acceptors (Lipinski definition) is 6. The van der Waals surface area contributed by atoms with Gasteiger partial charge in [0, 0.05) is 11.4 Å². The highest BCUT2D eigenvalue weighted by Gasteiger charge is 2.11. The number of thiazole rings is 1. The maximum atomic E-state index is 12.4. The molecule has 0 spiro atoms. The van der Waals surface area contributed by atoms with E-state index in [-0.39, 0.29) is 17.7 Å². The Balaban J connectivity index is 1.36. The fourth-order valence-electron chi connectivity index (χ4n) is 3.10. The van der Waals surface area contributed by atoms with Crippen LogP contribution in [0.15, 0.2) is 71.1 Å². The van der Waals surface area contributed by atoms with Gasteiger partial charge in [-0.1, -0.05) is 42.1 Å². The van der Waals surface area contributed by atoms with E-state index in [0.29, 0.717) is 17.1 Å². The molecule has 0 aliphatic heterocycles. The number of benzene rings is 3. The first-order valence-electron chi connectivity index (χ1n) is 10.1. The fourth-order valence-corrected chi connectivity index (χ4v) is 5.01. The molecule has 0 aliphatic carbocycles. The first-order valence-corrected chi connectivity index (χ1v) is 11.9. The molecule has 0 atom stereocenters. The van der Waals surface area contributed by atoms with Gasteiger partial charge in [-0.2, -0.15) is 0 Å². The Labute approximate surface area is 199 Å². The molecule has 3 amide bonds. The summed E-state index contributed by atoms with van der Waals surface area (Å²) < 4.78 is 6.97. The number of thioether (sulfide) groups is 1. The van der Waals surface area contributed by atoms with Gasteiger partial charge in [-0.15, -0.1) is 11.3 Å². The molecule has 3 N–H and O–H groups in total. The van der Waals surface area contributed by atoms with Crippen molar-refractivity contribution in [2.45, 2.75) is 11.3 Å². The van der Waals surface area contributed by atoms with E-state index >= 15 is 0 Å². The van der Waals surface area contributed by atoms with Crippen LogP contribution in [0.3, 0.4) is 0 Å². The number of aromatic nitrogens is 1. The maximum Gasteiger partial charge on any atom is 0.323 e. The summed E-state index contributed by atoms with van der Waals surface area (Å²) >= 11 is 2.87. The molecule has 0 saturated carbocycles. The summed E-state index contributed by atoms with van der Waals surface area (Å²) in [4.78, 5) is 29.3. The van der Waals surface area contributed by atoms with Crippen LogP contribution in [-0.2, 0) is 4.79 Å². The molecule has 0 bridgehead atoms. The van der Waals surface area contributed by atoms with Gasteiger partial charge in [0.25, 0.3) is 0 Å². The van der Waals surface area contributed by atoms with Crippen LogP contribution < -0.4 is 20.7 Å². The second-order valence-electron chi connectivity index (χ2n) is 7.09. The number of urea groups is 1. The third kappa shape index (κ3) is 5.82. The van der Waals surface area contributed by atoms with Gasteiger partial charge in [-0.25, -0.2) is 9.78 Å². The number of methoxy groups -OCH3 is 1. The number of ether oxygens (including phenoxy) is 1. The summed E-state index contributed by atoms with van der Waals surface area (Å²) in [5, 5.41) is 8.54. The van der Waals surface area contributed by atoms with Gasteiger partial charge < -0.3 is 20.7 Å². The highest BCUT2D eigenvalue weighted by atomic mass is 32.2. The summed E-state index contributed by atoms with van der Waals surface area (Å²) in [7, 11) is 1.55. The van der Waals surface area contributed by atoms with Crippen molar-refractivity contribution in [3.05, 3.63) is 72.3 Å². The number of carbonyl (C=O) groups is 2. The predicted octanol–water partition coefficient (Wildman–Crippen LogP) is 5.99. The molecular formula is C24H22N4O3S2. The summed E-state index contributed by atoms with van der Waals surface area (Å²) in [6, 6.07) is 20.0. The van der Waals surface area contributed by atoms with Gasteiger partial charge in [0.1, 0.15) is 5.75 Å². The zero-order valence-corrected chi connectivity index (χ0v) is 19.7. The van der Waals surface area contributed by atoms with Crippen LogP contribution in [0.5, 0.6) is 5.75 Å². The molecule has 1 heterocycles. The number of para-hydroxylation sites is 3. The van der Waals surface area contributed by atoms with Crippen LogP contribution >= 0.6 is 23.1 Å². The summed E-state index contributed by atoms with van der Waals surface area (Å²) in [5.74, 6) is 0.767. The van der Waals surface area contributed by atoms with Gasteiger partial charge in [-0.3, -0.25) is 4.79 Å². The minimum absolute atomic E-state index is 0.0797. The molecule has 0 aliphatic rings. The topological polar surface area (TPSA) is 92.3 Å². The lowest BCUT2D eigenvalue weighted by atomic mass is 10.2. The lowest BCUT2D eigenvalue weighted by Crippen LogP contribution is -2.19. The quantitative estimate of drug-likeness (QED) is 0.284. The maximum absolute atomic E-state index is 12.4. The number of aryl methyl sites for hydroxylation is 1. The molecule has 0 fully saturated rings. The summed E-state index contributed by atoms with van der Waals surface area (Å²) in [6.45, 7) is 1.96. The van der Waals surface area contributed by atoms with Crippen molar-refractivity contribution in [2.24, 2.45) is 0 Å². The number of hydrogen-bond donors (Lipinski definition) is 3. The third-order valence-corrected chi connectivity index (χ3v) is 6.89. The standard InChI is InChI=1S/C24H22N4O3S2/c1-15-7-3-4-8-17(15)26-22(29)14-32-24-28-19-12-11-16(13-21(19)33-24)25-23(30)27-18-9-5-6-10-20(18)31-2/h3-13H,14H2,1-2H3,(H,26,29)(H2,25,27,30). The van der Waals surface area contributed by atoms with Crippen LogP contribution in [0.25, 0.3) is 10.2 Å². The third-order valence-electron chi connectivity index (χ3n) is 4.73. The predicted molar refractivity (Wildman–Crippen MR) is 136 cm³/mol. The van der Waals surface area contributed by atoms with Gasteiger partial charge in [0.05, 0.1) is 28.8 Å². The highest BCUT2D eigenvalue weighted by molar-refractivity contribution is 8.01. The minimum atomic E-state index is -0.370. The molecule has 0 radical (unpaired) electrons. The Hall–Kier alpha value is -3.56. The van der Waals surface area contributed by atoms with Crippen molar-refractivity contribution in [3.8, 4) is 5.75 Å². The van der Waals surface area contributed by atoms with Gasteiger partial charge >= 0.3 is 6.03 Å². The van der Waals surface area contributed by atoms with Crippen LogP contribution in [0.4, 0.5) is 21.9 Å². The Morgan fingerprint density at radius 3 is 2.52 bits per heavy atom. The molecule has 9 heteroatoms. The average molecular weight is 479 g/mol. The van der Waals surface area contributed by atoms with Crippen molar-refractivity contribution in [1.29, 1.82) is 0 Å². The monoisotopic (exact) mass is 478 g/mol. The number of carbonyl (C=O) groups excluding carboxylic acids is 2. The Morgan fingerprint density at radius 2 is 1.73 bits per heavy atom. The first kappa shape index (κ1) is 22.6. The Kier molecular flexibility index (Phi) is 7.11. The number of nitrogens with one attached hydrogen (secondary N) is 3. The molecule has 33 heavy (non-hydrogen) atoms. The van der Waals surface area contributed by atoms with E-state index in [1.165, 1.54) is 23.1 Å². The second-order valence-corrected chi connectivity index (χ2v) is 9.35. The molecule has 168 valence electrons. The van der Waals surface area contributed by atoms with Gasteiger partial charge in [0.15, 0.2) is 4.34 Å². The average Bonchev–Trinajstić information content (AvgIpc) is 3.22.